The molecule has 0 spiro atoms. The van der Waals surface area contributed by atoms with E-state index < -0.39 is 16.1 Å². The maximum Gasteiger partial charge on any atom is 0.240 e. The second kappa shape index (κ2) is 9.73. The molecule has 0 bridgehead atoms. The van der Waals surface area contributed by atoms with E-state index in [2.05, 4.69) is 10.0 Å². The minimum Gasteiger partial charge on any atom is -0.383 e. The van der Waals surface area contributed by atoms with E-state index in [1.807, 2.05) is 13.8 Å². The first-order chi connectivity index (χ1) is 11.3. The van der Waals surface area contributed by atoms with Crippen LogP contribution in [0.5, 0.6) is 0 Å². The van der Waals surface area contributed by atoms with Crippen molar-refractivity contribution < 1.29 is 17.9 Å². The summed E-state index contributed by atoms with van der Waals surface area (Å²) in [5.74, 6) is -0.155. The monoisotopic (exact) mass is 357 g/mol. The molecule has 0 aliphatic heterocycles. The van der Waals surface area contributed by atoms with E-state index >= 15 is 0 Å². The van der Waals surface area contributed by atoms with Crippen molar-refractivity contribution in [2.24, 2.45) is 11.7 Å². The third-order valence-electron chi connectivity index (χ3n) is 3.83. The summed E-state index contributed by atoms with van der Waals surface area (Å²) in [6, 6.07) is 5.86. The van der Waals surface area contributed by atoms with Gasteiger partial charge in [0.25, 0.3) is 0 Å². The van der Waals surface area contributed by atoms with E-state index in [0.717, 1.165) is 6.42 Å². The van der Waals surface area contributed by atoms with Crippen molar-refractivity contribution >= 4 is 15.9 Å². The number of ether oxygens (including phenoxy) is 1. The van der Waals surface area contributed by atoms with E-state index in [1.165, 1.54) is 19.2 Å². The fourth-order valence-electron chi connectivity index (χ4n) is 2.00. The largest absolute Gasteiger partial charge is 0.383 e. The summed E-state index contributed by atoms with van der Waals surface area (Å²) in [7, 11) is -2.09. The molecule has 2 unspecified atom stereocenters. The van der Waals surface area contributed by atoms with Crippen molar-refractivity contribution in [1.82, 2.24) is 10.0 Å². The molecule has 0 saturated heterocycles. The van der Waals surface area contributed by atoms with Gasteiger partial charge >= 0.3 is 0 Å². The van der Waals surface area contributed by atoms with Crippen molar-refractivity contribution in [3.05, 3.63) is 29.8 Å². The minimum absolute atomic E-state index is 0.0849. The average molecular weight is 357 g/mol. The fourth-order valence-corrected chi connectivity index (χ4v) is 3.09. The summed E-state index contributed by atoms with van der Waals surface area (Å²) in [6.07, 6.45) is 0.815. The van der Waals surface area contributed by atoms with Gasteiger partial charge < -0.3 is 15.8 Å². The Morgan fingerprint density at radius 2 is 2.08 bits per heavy atom. The number of carbonyl (C=O) groups excluding carboxylic acids is 1. The number of benzene rings is 1. The summed E-state index contributed by atoms with van der Waals surface area (Å²) in [5.41, 5.74) is 6.56. The van der Waals surface area contributed by atoms with Crippen LogP contribution in [0.1, 0.15) is 25.8 Å². The Morgan fingerprint density at radius 1 is 1.38 bits per heavy atom. The van der Waals surface area contributed by atoms with Gasteiger partial charge in [0, 0.05) is 20.2 Å². The molecule has 0 aliphatic carbocycles. The third-order valence-corrected chi connectivity index (χ3v) is 5.29. The molecular weight excluding hydrogens is 330 g/mol. The number of hydrogen-bond acceptors (Lipinski definition) is 5. The Labute approximate surface area is 144 Å². The molecular formula is C16H27N3O4S. The van der Waals surface area contributed by atoms with E-state index in [4.69, 9.17) is 10.5 Å². The highest BCUT2D eigenvalue weighted by atomic mass is 32.2. The molecule has 0 saturated carbocycles. The van der Waals surface area contributed by atoms with Crippen LogP contribution in [0.15, 0.2) is 29.2 Å². The Hall–Kier alpha value is -1.48. The van der Waals surface area contributed by atoms with Gasteiger partial charge in [0.05, 0.1) is 17.5 Å². The number of nitrogens with one attached hydrogen (secondary N) is 2. The molecule has 0 aliphatic rings. The summed E-state index contributed by atoms with van der Waals surface area (Å²) >= 11 is 0. The zero-order valence-corrected chi connectivity index (χ0v) is 15.2. The van der Waals surface area contributed by atoms with Crippen LogP contribution in [0.3, 0.4) is 0 Å². The van der Waals surface area contributed by atoms with Crippen LogP contribution in [0.4, 0.5) is 0 Å². The zero-order chi connectivity index (χ0) is 18.2. The van der Waals surface area contributed by atoms with Gasteiger partial charge in [-0.2, -0.15) is 0 Å². The molecule has 7 nitrogen and oxygen atoms in total. The molecule has 1 aromatic rings. The van der Waals surface area contributed by atoms with Crippen LogP contribution >= 0.6 is 0 Å². The predicted octanol–water partition coefficient (Wildman–Crippen LogP) is 0.601. The molecule has 4 N–H and O–H groups in total. The van der Waals surface area contributed by atoms with E-state index in [-0.39, 0.29) is 29.8 Å². The van der Waals surface area contributed by atoms with Crippen LogP contribution in [0.2, 0.25) is 0 Å². The van der Waals surface area contributed by atoms with Gasteiger partial charge in [-0.1, -0.05) is 32.4 Å². The molecule has 136 valence electrons. The topological polar surface area (TPSA) is 111 Å². The normalized spacial score (nSPS) is 14.2. The van der Waals surface area contributed by atoms with Gasteiger partial charge in [-0.3, -0.25) is 4.79 Å². The maximum atomic E-state index is 12.2. The van der Waals surface area contributed by atoms with E-state index in [9.17, 15) is 13.2 Å². The minimum atomic E-state index is -3.59. The van der Waals surface area contributed by atoms with Crippen LogP contribution in [-0.2, 0) is 26.1 Å². The molecule has 1 aromatic carbocycles. The number of nitrogens with two attached hydrogens (primary N) is 1. The average Bonchev–Trinajstić information content (AvgIpc) is 2.58. The highest BCUT2D eigenvalue weighted by Crippen LogP contribution is 2.12. The van der Waals surface area contributed by atoms with Crippen molar-refractivity contribution in [2.75, 3.05) is 20.3 Å². The summed E-state index contributed by atoms with van der Waals surface area (Å²) in [5, 5.41) is 2.75. The lowest BCUT2D eigenvalue weighted by molar-refractivity contribution is -0.123. The Balaban J connectivity index is 2.70. The zero-order valence-electron chi connectivity index (χ0n) is 14.4. The van der Waals surface area contributed by atoms with Crippen LogP contribution in [-0.4, -0.2) is 40.6 Å². The number of hydrogen-bond donors (Lipinski definition) is 3. The summed E-state index contributed by atoms with van der Waals surface area (Å²) in [4.78, 5) is 12.1. The van der Waals surface area contributed by atoms with Crippen molar-refractivity contribution in [3.8, 4) is 0 Å². The number of amides is 1. The molecule has 0 heterocycles. The highest BCUT2D eigenvalue weighted by Gasteiger charge is 2.19. The lowest BCUT2D eigenvalue weighted by Crippen LogP contribution is -2.44. The smallest absolute Gasteiger partial charge is 0.240 e. The molecule has 0 radical (unpaired) electrons. The third kappa shape index (κ3) is 6.20. The second-order valence-electron chi connectivity index (χ2n) is 5.67. The molecule has 8 heteroatoms. The van der Waals surface area contributed by atoms with Crippen molar-refractivity contribution in [1.29, 1.82) is 0 Å². The van der Waals surface area contributed by atoms with Gasteiger partial charge in [-0.15, -0.1) is 0 Å². The molecule has 2 atom stereocenters. The first kappa shape index (κ1) is 20.6. The molecule has 24 heavy (non-hydrogen) atoms. The Bertz CT molecular complexity index is 634. The SMILES string of the molecule is CCC(C)C(N)C(=O)NCc1cccc(S(=O)(=O)NCCOC)c1. The molecule has 1 amide bonds. The van der Waals surface area contributed by atoms with Crippen LogP contribution < -0.4 is 15.8 Å². The number of sulfonamides is 1. The highest BCUT2D eigenvalue weighted by molar-refractivity contribution is 7.89. The lowest BCUT2D eigenvalue weighted by atomic mass is 9.99. The van der Waals surface area contributed by atoms with Crippen molar-refractivity contribution in [3.63, 3.8) is 0 Å². The molecule has 1 rings (SSSR count). The van der Waals surface area contributed by atoms with E-state index in [1.54, 1.807) is 12.1 Å². The van der Waals surface area contributed by atoms with Gasteiger partial charge in [-0.25, -0.2) is 13.1 Å². The van der Waals surface area contributed by atoms with E-state index in [0.29, 0.717) is 12.2 Å². The van der Waals surface area contributed by atoms with Crippen LogP contribution in [0, 0.1) is 5.92 Å². The number of carbonyl (C=O) groups is 1. The van der Waals surface area contributed by atoms with Gasteiger partial charge in [-0.05, 0) is 23.6 Å². The quantitative estimate of drug-likeness (QED) is 0.531. The first-order valence-corrected chi connectivity index (χ1v) is 9.41. The summed E-state index contributed by atoms with van der Waals surface area (Å²) in [6.45, 7) is 4.61. The van der Waals surface area contributed by atoms with Crippen molar-refractivity contribution in [2.45, 2.75) is 37.8 Å². The Kier molecular flexibility index (Phi) is 8.34. The number of methoxy groups -OCH3 is 1. The van der Waals surface area contributed by atoms with Gasteiger partial charge in [0.2, 0.25) is 15.9 Å². The maximum absolute atomic E-state index is 12.2. The summed E-state index contributed by atoms with van der Waals surface area (Å²) < 4.78 is 31.6. The molecule has 0 fully saturated rings. The van der Waals surface area contributed by atoms with Gasteiger partial charge in [0.15, 0.2) is 0 Å². The van der Waals surface area contributed by atoms with Crippen LogP contribution in [0.25, 0.3) is 0 Å². The number of rotatable bonds is 10. The first-order valence-electron chi connectivity index (χ1n) is 7.92. The van der Waals surface area contributed by atoms with Gasteiger partial charge in [0.1, 0.15) is 0 Å². The Morgan fingerprint density at radius 3 is 2.71 bits per heavy atom. The fraction of sp³-hybridized carbons (Fsp3) is 0.562. The predicted molar refractivity (Wildman–Crippen MR) is 92.8 cm³/mol. The standard InChI is InChI=1S/C16H27N3O4S/c1-4-12(2)15(17)16(20)18-11-13-6-5-7-14(10-13)24(21,22)19-8-9-23-3/h5-7,10,12,15,19H,4,8-9,11,17H2,1-3H3,(H,18,20). The lowest BCUT2D eigenvalue weighted by Gasteiger charge is -2.17. The molecule has 0 aromatic heterocycles. The second-order valence-corrected chi connectivity index (χ2v) is 7.43.